The van der Waals surface area contributed by atoms with Gasteiger partial charge in [-0.1, -0.05) is 35.9 Å². The van der Waals surface area contributed by atoms with Gasteiger partial charge in [-0.05, 0) is 38.1 Å². The quantitative estimate of drug-likeness (QED) is 0.528. The first kappa shape index (κ1) is 19.3. The van der Waals surface area contributed by atoms with E-state index in [0.717, 1.165) is 16.6 Å². The molecule has 4 rings (SSSR count). The molecule has 0 spiro atoms. The fourth-order valence-corrected chi connectivity index (χ4v) is 3.26. The van der Waals surface area contributed by atoms with E-state index in [1.165, 1.54) is 0 Å². The molecule has 3 N–H and O–H groups in total. The summed E-state index contributed by atoms with van der Waals surface area (Å²) in [5, 5.41) is 13.1. The van der Waals surface area contributed by atoms with Crippen LogP contribution in [0.1, 0.15) is 31.4 Å². The van der Waals surface area contributed by atoms with Gasteiger partial charge in [0.25, 0.3) is 0 Å². The molecular formula is C21H21ClN6O. The molecule has 148 valence electrons. The number of amides is 1. The van der Waals surface area contributed by atoms with Crippen LogP contribution >= 0.6 is 11.6 Å². The summed E-state index contributed by atoms with van der Waals surface area (Å²) in [5.74, 6) is 0.275. The first-order chi connectivity index (χ1) is 13.8. The van der Waals surface area contributed by atoms with Crippen molar-refractivity contribution in [1.29, 1.82) is 0 Å². The van der Waals surface area contributed by atoms with E-state index in [2.05, 4.69) is 15.5 Å². The lowest BCUT2D eigenvalue weighted by Gasteiger charge is -2.23. The third kappa shape index (κ3) is 4.06. The van der Waals surface area contributed by atoms with E-state index in [1.54, 1.807) is 36.6 Å². The van der Waals surface area contributed by atoms with Gasteiger partial charge in [-0.25, -0.2) is 0 Å². The lowest BCUT2D eigenvalue weighted by Crippen LogP contribution is -2.50. The number of para-hydroxylation sites is 1. The summed E-state index contributed by atoms with van der Waals surface area (Å²) in [5.41, 5.74) is 7.31. The summed E-state index contributed by atoms with van der Waals surface area (Å²) in [6.07, 6.45) is 2.16. The summed E-state index contributed by atoms with van der Waals surface area (Å²) >= 11 is 6.16. The molecule has 7 nitrogen and oxygen atoms in total. The van der Waals surface area contributed by atoms with Gasteiger partial charge in [-0.3, -0.25) is 14.2 Å². The fourth-order valence-electron chi connectivity index (χ4n) is 3.10. The van der Waals surface area contributed by atoms with Crippen molar-refractivity contribution < 1.29 is 4.79 Å². The van der Waals surface area contributed by atoms with Crippen LogP contribution in [0.25, 0.3) is 16.6 Å². The third-order valence-electron chi connectivity index (χ3n) is 4.66. The van der Waals surface area contributed by atoms with Crippen LogP contribution in [0, 0.1) is 0 Å². The van der Waals surface area contributed by atoms with Crippen molar-refractivity contribution in [3.05, 3.63) is 71.3 Å². The van der Waals surface area contributed by atoms with Gasteiger partial charge in [0, 0.05) is 23.7 Å². The Balaban J connectivity index is 1.74. The highest BCUT2D eigenvalue weighted by atomic mass is 35.5. The average molecular weight is 409 g/mol. The van der Waals surface area contributed by atoms with E-state index in [0.29, 0.717) is 22.9 Å². The van der Waals surface area contributed by atoms with E-state index in [9.17, 15) is 4.79 Å². The molecule has 8 heteroatoms. The molecule has 0 radical (unpaired) electrons. The van der Waals surface area contributed by atoms with Crippen LogP contribution in [0.2, 0.25) is 5.02 Å². The minimum atomic E-state index is -1.03. The first-order valence-corrected chi connectivity index (χ1v) is 9.64. The molecule has 0 aliphatic heterocycles. The predicted octanol–water partition coefficient (Wildman–Crippen LogP) is 3.07. The highest BCUT2D eigenvalue weighted by Crippen LogP contribution is 2.21. The van der Waals surface area contributed by atoms with Crippen LogP contribution in [0.4, 0.5) is 0 Å². The van der Waals surface area contributed by atoms with Crippen molar-refractivity contribution in [1.82, 2.24) is 24.9 Å². The Labute approximate surface area is 172 Å². The van der Waals surface area contributed by atoms with Gasteiger partial charge in [0.15, 0.2) is 11.5 Å². The van der Waals surface area contributed by atoms with Gasteiger partial charge in [0.2, 0.25) is 5.91 Å². The first-order valence-electron chi connectivity index (χ1n) is 9.26. The lowest BCUT2D eigenvalue weighted by molar-refractivity contribution is -0.126. The highest BCUT2D eigenvalue weighted by Gasteiger charge is 2.28. The number of benzene rings is 1. The number of nitrogens with two attached hydrogens (primary N) is 1. The van der Waals surface area contributed by atoms with Crippen LogP contribution in [0.3, 0.4) is 0 Å². The molecule has 29 heavy (non-hydrogen) atoms. The van der Waals surface area contributed by atoms with Gasteiger partial charge < -0.3 is 11.1 Å². The average Bonchev–Trinajstić information content (AvgIpc) is 3.09. The maximum atomic E-state index is 12.6. The molecule has 0 saturated heterocycles. The van der Waals surface area contributed by atoms with Crippen LogP contribution < -0.4 is 11.1 Å². The van der Waals surface area contributed by atoms with Gasteiger partial charge in [0.1, 0.15) is 0 Å². The standard InChI is InChI=1S/C21H21ClN6O/c1-21(2,23)20(29)25-17(19-27-26-18-10-8-14(22)12-28(18)19)11-15-9-7-13-5-3-4-6-16(13)24-15/h3-10,12,17H,11,23H2,1-2H3,(H,25,29)/t17-/m1/s1. The van der Waals surface area contributed by atoms with Gasteiger partial charge in [-0.2, -0.15) is 0 Å². The number of aromatic nitrogens is 4. The van der Waals surface area contributed by atoms with Crippen LogP contribution in [-0.2, 0) is 11.2 Å². The molecule has 3 heterocycles. The van der Waals surface area contributed by atoms with Crippen molar-refractivity contribution in [2.45, 2.75) is 31.8 Å². The van der Waals surface area contributed by atoms with Crippen molar-refractivity contribution in [3.8, 4) is 0 Å². The monoisotopic (exact) mass is 408 g/mol. The molecule has 0 saturated carbocycles. The lowest BCUT2D eigenvalue weighted by atomic mass is 10.0. The maximum Gasteiger partial charge on any atom is 0.240 e. The smallest absolute Gasteiger partial charge is 0.240 e. The Morgan fingerprint density at radius 3 is 2.76 bits per heavy atom. The van der Waals surface area contributed by atoms with Crippen LogP contribution in [-0.4, -0.2) is 31.0 Å². The maximum absolute atomic E-state index is 12.6. The van der Waals surface area contributed by atoms with Crippen LogP contribution in [0.5, 0.6) is 0 Å². The molecule has 0 unspecified atom stereocenters. The largest absolute Gasteiger partial charge is 0.344 e. The van der Waals surface area contributed by atoms with Crippen molar-refractivity contribution >= 4 is 34.1 Å². The van der Waals surface area contributed by atoms with Gasteiger partial charge in [-0.15, -0.1) is 10.2 Å². The Bertz CT molecular complexity index is 1200. The predicted molar refractivity (Wildman–Crippen MR) is 113 cm³/mol. The van der Waals surface area contributed by atoms with E-state index in [4.69, 9.17) is 22.3 Å². The SMILES string of the molecule is CC(C)(N)C(=O)N[C@H](Cc1ccc2ccccc2n1)c1nnc2ccc(Cl)cn12. The van der Waals surface area contributed by atoms with Crippen molar-refractivity contribution in [2.24, 2.45) is 5.73 Å². The Morgan fingerprint density at radius 2 is 1.97 bits per heavy atom. The summed E-state index contributed by atoms with van der Waals surface area (Å²) in [4.78, 5) is 17.4. The van der Waals surface area contributed by atoms with Crippen molar-refractivity contribution in [3.63, 3.8) is 0 Å². The minimum absolute atomic E-state index is 0.290. The van der Waals surface area contributed by atoms with E-state index >= 15 is 0 Å². The zero-order valence-corrected chi connectivity index (χ0v) is 16.9. The number of rotatable bonds is 5. The number of hydrogen-bond donors (Lipinski definition) is 2. The number of carbonyl (C=O) groups excluding carboxylic acids is 1. The normalized spacial score (nSPS) is 13.0. The molecule has 0 fully saturated rings. The Hall–Kier alpha value is -3.03. The summed E-state index contributed by atoms with van der Waals surface area (Å²) in [6, 6.07) is 14.9. The molecule has 0 aliphatic rings. The number of fused-ring (bicyclic) bond motifs is 2. The number of halogens is 1. The molecule has 3 aromatic heterocycles. The number of hydrogen-bond acceptors (Lipinski definition) is 5. The number of pyridine rings is 2. The zero-order chi connectivity index (χ0) is 20.6. The summed E-state index contributed by atoms with van der Waals surface area (Å²) in [7, 11) is 0. The van der Waals surface area contributed by atoms with E-state index in [-0.39, 0.29) is 5.91 Å². The summed E-state index contributed by atoms with van der Waals surface area (Å²) in [6.45, 7) is 3.32. The van der Waals surface area contributed by atoms with Gasteiger partial charge in [0.05, 0.1) is 22.1 Å². The number of nitrogens with zero attached hydrogens (tertiary/aromatic N) is 4. The molecule has 1 atom stereocenters. The fraction of sp³-hybridized carbons (Fsp3) is 0.238. The Kier molecular flexibility index (Phi) is 4.94. The second kappa shape index (κ2) is 7.42. The van der Waals surface area contributed by atoms with Crippen molar-refractivity contribution in [2.75, 3.05) is 0 Å². The number of nitrogens with one attached hydrogen (secondary N) is 1. The molecule has 1 amide bonds. The summed E-state index contributed by atoms with van der Waals surface area (Å²) < 4.78 is 1.78. The van der Waals surface area contributed by atoms with E-state index in [1.807, 2.05) is 36.4 Å². The second-order valence-electron chi connectivity index (χ2n) is 7.58. The molecule has 1 aromatic carbocycles. The zero-order valence-electron chi connectivity index (χ0n) is 16.1. The highest BCUT2D eigenvalue weighted by molar-refractivity contribution is 6.30. The topological polar surface area (TPSA) is 98.2 Å². The Morgan fingerprint density at radius 1 is 1.17 bits per heavy atom. The van der Waals surface area contributed by atoms with Crippen LogP contribution in [0.15, 0.2) is 54.7 Å². The molecule has 0 aliphatic carbocycles. The van der Waals surface area contributed by atoms with Gasteiger partial charge >= 0.3 is 0 Å². The minimum Gasteiger partial charge on any atom is -0.344 e. The number of carbonyl (C=O) groups is 1. The third-order valence-corrected chi connectivity index (χ3v) is 4.89. The molecular weight excluding hydrogens is 388 g/mol. The molecule has 0 bridgehead atoms. The molecule has 4 aromatic rings. The van der Waals surface area contributed by atoms with E-state index < -0.39 is 11.6 Å². The second-order valence-corrected chi connectivity index (χ2v) is 8.02.